The lowest BCUT2D eigenvalue weighted by atomic mass is 9.78. The third-order valence-electron chi connectivity index (χ3n) is 6.37. The van der Waals surface area contributed by atoms with Crippen molar-refractivity contribution in [2.75, 3.05) is 0 Å². The van der Waals surface area contributed by atoms with Crippen molar-refractivity contribution in [1.29, 1.82) is 0 Å². The molecule has 0 saturated heterocycles. The van der Waals surface area contributed by atoms with E-state index in [1.807, 2.05) is 67.8 Å². The second-order valence-electron chi connectivity index (χ2n) is 10.9. The van der Waals surface area contributed by atoms with Gasteiger partial charge in [-0.2, -0.15) is 0 Å². The van der Waals surface area contributed by atoms with E-state index in [0.717, 1.165) is 16.1 Å². The third kappa shape index (κ3) is 8.66. The number of aliphatic hydroxyl groups is 2. The molecule has 37 heavy (non-hydrogen) atoms. The molecule has 1 aromatic heterocycles. The van der Waals surface area contributed by atoms with Crippen LogP contribution < -0.4 is 5.32 Å². The summed E-state index contributed by atoms with van der Waals surface area (Å²) < 4.78 is 5.56. The highest BCUT2D eigenvalue weighted by molar-refractivity contribution is 7.09. The van der Waals surface area contributed by atoms with Crippen LogP contribution in [-0.2, 0) is 11.2 Å². The first-order valence-corrected chi connectivity index (χ1v) is 13.8. The number of nitrogens with one attached hydrogen (secondary N) is 1. The Hall–Kier alpha value is -2.74. The highest BCUT2D eigenvalue weighted by Gasteiger charge is 2.39. The van der Waals surface area contributed by atoms with Crippen LogP contribution >= 0.6 is 11.3 Å². The van der Waals surface area contributed by atoms with Gasteiger partial charge in [0.15, 0.2) is 0 Å². The van der Waals surface area contributed by atoms with Gasteiger partial charge < -0.3 is 20.3 Å². The zero-order valence-corrected chi connectivity index (χ0v) is 23.2. The van der Waals surface area contributed by atoms with E-state index < -0.39 is 35.9 Å². The Balaban J connectivity index is 1.97. The fourth-order valence-electron chi connectivity index (χ4n) is 4.62. The van der Waals surface area contributed by atoms with Crippen molar-refractivity contribution in [3.8, 4) is 0 Å². The molecular weight excluding hydrogens is 484 g/mol. The summed E-state index contributed by atoms with van der Waals surface area (Å²) in [6.45, 7) is 9.27. The zero-order valence-electron chi connectivity index (χ0n) is 22.4. The maximum atomic E-state index is 13.0. The Bertz CT molecular complexity index is 1070. The number of alkyl carbamates (subject to hydrolysis) is 1. The van der Waals surface area contributed by atoms with Gasteiger partial charge in [0, 0.05) is 23.4 Å². The zero-order chi connectivity index (χ0) is 27.0. The van der Waals surface area contributed by atoms with E-state index in [1.54, 1.807) is 38.3 Å². The molecule has 5 unspecified atom stereocenters. The Labute approximate surface area is 224 Å². The average molecular weight is 525 g/mol. The first-order valence-electron chi connectivity index (χ1n) is 12.9. The summed E-state index contributed by atoms with van der Waals surface area (Å²) >= 11 is 1.56. The van der Waals surface area contributed by atoms with Gasteiger partial charge in [-0.3, -0.25) is 0 Å². The lowest BCUT2D eigenvalue weighted by Gasteiger charge is -2.37. The molecule has 2 aromatic carbocycles. The van der Waals surface area contributed by atoms with E-state index in [4.69, 9.17) is 4.74 Å². The van der Waals surface area contributed by atoms with Gasteiger partial charge in [-0.25, -0.2) is 9.78 Å². The molecule has 3 N–H and O–H groups in total. The number of benzene rings is 2. The van der Waals surface area contributed by atoms with Crippen molar-refractivity contribution in [1.82, 2.24) is 10.3 Å². The van der Waals surface area contributed by atoms with Crippen LogP contribution in [-0.4, -0.2) is 45.1 Å². The minimum Gasteiger partial charge on any atom is -0.444 e. The fourth-order valence-corrected chi connectivity index (χ4v) is 5.37. The number of carbonyl (C=O) groups is 1. The number of ether oxygens (including phenoxy) is 1. The Kier molecular flexibility index (Phi) is 10.3. The molecule has 0 bridgehead atoms. The van der Waals surface area contributed by atoms with E-state index in [0.29, 0.717) is 12.8 Å². The van der Waals surface area contributed by atoms with E-state index >= 15 is 0 Å². The molecule has 200 valence electrons. The van der Waals surface area contributed by atoms with Crippen molar-refractivity contribution in [3.63, 3.8) is 0 Å². The SMILES string of the molecule is CC(C)C(O)C(c1ccccc1)C(NC(=O)OC(C)(C)C)C(O)CC(Cc1ccccc1)c1nccs1. The second-order valence-corrected chi connectivity index (χ2v) is 11.8. The Morgan fingerprint density at radius 2 is 1.65 bits per heavy atom. The number of thiazole rings is 1. The molecule has 0 saturated carbocycles. The number of carbonyl (C=O) groups excluding carboxylic acids is 1. The largest absolute Gasteiger partial charge is 0.444 e. The molecule has 0 aliphatic heterocycles. The summed E-state index contributed by atoms with van der Waals surface area (Å²) in [5.74, 6) is -0.704. The molecule has 0 aliphatic rings. The third-order valence-corrected chi connectivity index (χ3v) is 7.31. The number of aliphatic hydroxyl groups excluding tert-OH is 2. The predicted molar refractivity (Wildman–Crippen MR) is 149 cm³/mol. The molecule has 6 nitrogen and oxygen atoms in total. The molecule has 7 heteroatoms. The molecule has 0 fully saturated rings. The van der Waals surface area contributed by atoms with Crippen molar-refractivity contribution in [2.45, 2.75) is 83.1 Å². The van der Waals surface area contributed by atoms with Crippen LogP contribution in [0.1, 0.15) is 69.0 Å². The minimum atomic E-state index is -0.969. The molecule has 1 amide bonds. The monoisotopic (exact) mass is 524 g/mol. The Morgan fingerprint density at radius 3 is 2.19 bits per heavy atom. The lowest BCUT2D eigenvalue weighted by molar-refractivity contribution is 0.0158. The van der Waals surface area contributed by atoms with Crippen LogP contribution in [0.5, 0.6) is 0 Å². The number of nitrogens with zero attached hydrogens (tertiary/aromatic N) is 1. The maximum Gasteiger partial charge on any atom is 0.407 e. The van der Waals surface area contributed by atoms with E-state index in [9.17, 15) is 15.0 Å². The van der Waals surface area contributed by atoms with Crippen molar-refractivity contribution in [2.24, 2.45) is 5.92 Å². The quantitative estimate of drug-likeness (QED) is 0.290. The molecule has 3 rings (SSSR count). The van der Waals surface area contributed by atoms with Gasteiger partial charge in [-0.1, -0.05) is 74.5 Å². The van der Waals surface area contributed by atoms with Crippen molar-refractivity contribution < 1.29 is 19.7 Å². The molecule has 5 atom stereocenters. The minimum absolute atomic E-state index is 0.0621. The van der Waals surface area contributed by atoms with Crippen LogP contribution in [0.2, 0.25) is 0 Å². The summed E-state index contributed by atoms with van der Waals surface area (Å²) in [5, 5.41) is 28.9. The van der Waals surface area contributed by atoms with E-state index in [2.05, 4.69) is 22.4 Å². The van der Waals surface area contributed by atoms with Crippen molar-refractivity contribution in [3.05, 3.63) is 88.4 Å². The van der Waals surface area contributed by atoms with Crippen LogP contribution in [0.15, 0.2) is 72.2 Å². The molecular formula is C30H40N2O4S. The van der Waals surface area contributed by atoms with Gasteiger partial charge >= 0.3 is 6.09 Å². The normalized spacial score (nSPS) is 16.0. The number of amides is 1. The second kappa shape index (κ2) is 13.2. The number of rotatable bonds is 11. The van der Waals surface area contributed by atoms with Gasteiger partial charge in [-0.15, -0.1) is 11.3 Å². The maximum absolute atomic E-state index is 13.0. The van der Waals surface area contributed by atoms with Gasteiger partial charge in [-0.05, 0) is 50.7 Å². The topological polar surface area (TPSA) is 91.7 Å². The molecule has 0 radical (unpaired) electrons. The summed E-state index contributed by atoms with van der Waals surface area (Å²) in [4.78, 5) is 17.5. The van der Waals surface area contributed by atoms with Crippen LogP contribution in [0.25, 0.3) is 0 Å². The van der Waals surface area contributed by atoms with E-state index in [-0.39, 0.29) is 11.8 Å². The number of aromatic nitrogens is 1. The summed E-state index contributed by atoms with van der Waals surface area (Å²) in [5.41, 5.74) is 1.29. The molecule has 3 aromatic rings. The highest BCUT2D eigenvalue weighted by Crippen LogP contribution is 2.34. The van der Waals surface area contributed by atoms with Gasteiger partial charge in [0.05, 0.1) is 23.3 Å². The first kappa shape index (κ1) is 28.8. The van der Waals surface area contributed by atoms with Gasteiger partial charge in [0.2, 0.25) is 0 Å². The highest BCUT2D eigenvalue weighted by atomic mass is 32.1. The lowest BCUT2D eigenvalue weighted by Crippen LogP contribution is -2.52. The summed E-state index contributed by atoms with van der Waals surface area (Å²) in [7, 11) is 0. The van der Waals surface area contributed by atoms with Gasteiger partial charge in [0.25, 0.3) is 0 Å². The van der Waals surface area contributed by atoms with Crippen LogP contribution in [0.4, 0.5) is 4.79 Å². The molecule has 1 heterocycles. The van der Waals surface area contributed by atoms with Crippen molar-refractivity contribution >= 4 is 17.4 Å². The van der Waals surface area contributed by atoms with E-state index in [1.165, 1.54) is 0 Å². The summed E-state index contributed by atoms with van der Waals surface area (Å²) in [6, 6.07) is 18.9. The van der Waals surface area contributed by atoms with Crippen LogP contribution in [0.3, 0.4) is 0 Å². The Morgan fingerprint density at radius 1 is 1.03 bits per heavy atom. The smallest absolute Gasteiger partial charge is 0.407 e. The number of hydrogen-bond acceptors (Lipinski definition) is 6. The standard InChI is InChI=1S/C30H40N2O4S/c1-20(2)27(34)25(22-14-10-7-11-15-22)26(32-29(35)36-30(3,4)5)24(33)19-23(28-31-16-17-37-28)18-21-12-8-6-9-13-21/h6-17,20,23-27,33-34H,18-19H2,1-5H3,(H,32,35). The van der Waals surface area contributed by atoms with Crippen LogP contribution in [0, 0.1) is 5.92 Å². The molecule has 0 spiro atoms. The number of hydrogen-bond donors (Lipinski definition) is 3. The predicted octanol–water partition coefficient (Wildman–Crippen LogP) is 5.91. The first-order chi connectivity index (χ1) is 17.5. The molecule has 0 aliphatic carbocycles. The van der Waals surface area contributed by atoms with Gasteiger partial charge in [0.1, 0.15) is 5.60 Å². The fraction of sp³-hybridized carbons (Fsp3) is 0.467. The summed E-state index contributed by atoms with van der Waals surface area (Å²) in [6.07, 6.45) is 0.441. The average Bonchev–Trinajstić information content (AvgIpc) is 3.38.